The van der Waals surface area contributed by atoms with Crippen LogP contribution < -0.4 is 0 Å². The molecule has 0 saturated carbocycles. The Morgan fingerprint density at radius 1 is 0.465 bits per heavy atom. The van der Waals surface area contributed by atoms with Crippen molar-refractivity contribution in [1.82, 2.24) is 4.98 Å². The van der Waals surface area contributed by atoms with Crippen LogP contribution in [0.1, 0.15) is 25.3 Å². The van der Waals surface area contributed by atoms with E-state index in [-0.39, 0.29) is 0 Å². The molecule has 6 aromatic carbocycles. The third kappa shape index (κ3) is 4.54. The van der Waals surface area contributed by atoms with E-state index in [1.807, 2.05) is 18.5 Å². The number of hydrogen-bond donors (Lipinski definition) is 0. The van der Waals surface area contributed by atoms with E-state index in [9.17, 15) is 0 Å². The van der Waals surface area contributed by atoms with Crippen molar-refractivity contribution in [3.8, 4) is 33.4 Å². The fourth-order valence-corrected chi connectivity index (χ4v) is 6.70. The maximum absolute atomic E-state index is 4.26. The first-order chi connectivity index (χ1) is 21.2. The number of allylic oxidation sites excluding steroid dienone is 4. The monoisotopic (exact) mass is 549 g/mol. The van der Waals surface area contributed by atoms with Crippen LogP contribution in [0.25, 0.3) is 71.3 Å². The summed E-state index contributed by atoms with van der Waals surface area (Å²) < 4.78 is 0. The third-order valence-electron chi connectivity index (χ3n) is 8.95. The normalized spacial score (nSPS) is 13.3. The van der Waals surface area contributed by atoms with Crippen molar-refractivity contribution >= 4 is 37.9 Å². The van der Waals surface area contributed by atoms with Crippen LogP contribution in [0.4, 0.5) is 0 Å². The van der Waals surface area contributed by atoms with Crippen LogP contribution in [0.3, 0.4) is 0 Å². The van der Waals surface area contributed by atoms with Gasteiger partial charge in [0.1, 0.15) is 0 Å². The zero-order valence-electron chi connectivity index (χ0n) is 24.2. The zero-order chi connectivity index (χ0) is 28.8. The molecular formula is C42H31N. The lowest BCUT2D eigenvalue weighted by molar-refractivity contribution is 0.979. The summed E-state index contributed by atoms with van der Waals surface area (Å²) in [7, 11) is 0. The van der Waals surface area contributed by atoms with Crippen LogP contribution in [0.2, 0.25) is 0 Å². The topological polar surface area (TPSA) is 12.9 Å². The Kier molecular flexibility index (Phi) is 6.23. The summed E-state index contributed by atoms with van der Waals surface area (Å²) in [4.78, 5) is 4.26. The van der Waals surface area contributed by atoms with Crippen LogP contribution in [0.15, 0.2) is 151 Å². The van der Waals surface area contributed by atoms with Gasteiger partial charge in [0.25, 0.3) is 0 Å². The third-order valence-corrected chi connectivity index (χ3v) is 8.95. The van der Waals surface area contributed by atoms with E-state index in [1.165, 1.54) is 76.8 Å². The van der Waals surface area contributed by atoms with Gasteiger partial charge in [0.15, 0.2) is 0 Å². The first kappa shape index (κ1) is 25.4. The lowest BCUT2D eigenvalue weighted by atomic mass is 9.83. The maximum atomic E-state index is 4.26. The quantitative estimate of drug-likeness (QED) is 0.199. The highest BCUT2D eigenvalue weighted by Crippen LogP contribution is 2.44. The molecule has 204 valence electrons. The minimum atomic E-state index is 1.08. The molecule has 1 nitrogen and oxygen atoms in total. The lowest BCUT2D eigenvalue weighted by Crippen LogP contribution is -1.96. The maximum Gasteiger partial charge on any atom is 0.0346 e. The van der Waals surface area contributed by atoms with E-state index in [1.54, 1.807) is 0 Å². The van der Waals surface area contributed by atoms with E-state index in [4.69, 9.17) is 0 Å². The van der Waals surface area contributed by atoms with Crippen molar-refractivity contribution in [3.63, 3.8) is 0 Å². The highest BCUT2D eigenvalue weighted by atomic mass is 14.6. The van der Waals surface area contributed by atoms with Gasteiger partial charge in [0, 0.05) is 12.4 Å². The van der Waals surface area contributed by atoms with E-state index in [0.717, 1.165) is 18.4 Å². The van der Waals surface area contributed by atoms with Crippen molar-refractivity contribution in [3.05, 3.63) is 157 Å². The van der Waals surface area contributed by atoms with Gasteiger partial charge in [-0.2, -0.15) is 0 Å². The van der Waals surface area contributed by atoms with Gasteiger partial charge in [-0.1, -0.05) is 121 Å². The summed E-state index contributed by atoms with van der Waals surface area (Å²) in [6, 6.07) is 44.5. The van der Waals surface area contributed by atoms with E-state index in [0.29, 0.717) is 0 Å². The predicted molar refractivity (Wildman–Crippen MR) is 184 cm³/mol. The van der Waals surface area contributed by atoms with E-state index >= 15 is 0 Å². The minimum Gasteiger partial charge on any atom is -0.264 e. The number of aromatic nitrogens is 1. The van der Waals surface area contributed by atoms with Crippen LogP contribution in [0, 0.1) is 0 Å². The first-order valence-corrected chi connectivity index (χ1v) is 15.1. The Labute approximate surface area is 252 Å². The van der Waals surface area contributed by atoms with Crippen LogP contribution in [-0.2, 0) is 0 Å². The van der Waals surface area contributed by atoms with Gasteiger partial charge in [0.05, 0.1) is 0 Å². The second-order valence-corrected chi connectivity index (χ2v) is 11.6. The standard InChI is InChI=1S/C42H31N/c1-28-12-14-31(15-13-28)41-37-8-2-4-10-39(37)42(40-11-5-3-9-38(40)41)35-23-22-33-25-32(20-21-34(33)26-35)29-16-18-30(19-17-29)36-7-6-24-43-27-36/h2-12,14,16-27H,13,15H2,1H3. The summed E-state index contributed by atoms with van der Waals surface area (Å²) in [5, 5.41) is 7.79. The van der Waals surface area contributed by atoms with Gasteiger partial charge in [-0.25, -0.2) is 0 Å². The molecule has 1 aliphatic rings. The molecule has 1 heteroatoms. The van der Waals surface area contributed by atoms with Gasteiger partial charge in [0.2, 0.25) is 0 Å². The fourth-order valence-electron chi connectivity index (χ4n) is 6.70. The summed E-state index contributed by atoms with van der Waals surface area (Å²) in [5.74, 6) is 0. The van der Waals surface area contributed by atoms with E-state index in [2.05, 4.69) is 139 Å². The number of rotatable bonds is 4. The number of hydrogen-bond acceptors (Lipinski definition) is 1. The van der Waals surface area contributed by atoms with Crippen molar-refractivity contribution in [2.45, 2.75) is 19.8 Å². The predicted octanol–water partition coefficient (Wildman–Crippen LogP) is 11.7. The second-order valence-electron chi connectivity index (χ2n) is 11.6. The molecule has 0 amide bonds. The van der Waals surface area contributed by atoms with Crippen molar-refractivity contribution in [2.75, 3.05) is 0 Å². The van der Waals surface area contributed by atoms with Crippen molar-refractivity contribution in [1.29, 1.82) is 0 Å². The molecule has 0 N–H and O–H groups in total. The molecule has 43 heavy (non-hydrogen) atoms. The molecule has 0 saturated heterocycles. The summed E-state index contributed by atoms with van der Waals surface area (Å²) >= 11 is 0. The highest BCUT2D eigenvalue weighted by molar-refractivity contribution is 6.19. The zero-order valence-corrected chi connectivity index (χ0v) is 24.2. The SMILES string of the molecule is CC1=CC=C(c2c3ccccc3c(-c3ccc4cc(-c5ccc(-c6cccnc6)cc5)ccc4c3)c3ccccc23)CC1. The van der Waals surface area contributed by atoms with Gasteiger partial charge in [-0.3, -0.25) is 4.98 Å². The van der Waals surface area contributed by atoms with Crippen LogP contribution in [0.5, 0.6) is 0 Å². The lowest BCUT2D eigenvalue weighted by Gasteiger charge is -2.21. The molecule has 0 fully saturated rings. The van der Waals surface area contributed by atoms with Gasteiger partial charge in [-0.05, 0) is 115 Å². The Bertz CT molecular complexity index is 2160. The molecule has 8 rings (SSSR count). The van der Waals surface area contributed by atoms with Crippen LogP contribution in [-0.4, -0.2) is 4.98 Å². The highest BCUT2D eigenvalue weighted by Gasteiger charge is 2.18. The van der Waals surface area contributed by atoms with E-state index < -0.39 is 0 Å². The average molecular weight is 550 g/mol. The first-order valence-electron chi connectivity index (χ1n) is 15.1. The molecule has 7 aromatic rings. The smallest absolute Gasteiger partial charge is 0.0346 e. The minimum absolute atomic E-state index is 1.08. The fraction of sp³-hybridized carbons (Fsp3) is 0.0714. The number of benzene rings is 6. The van der Waals surface area contributed by atoms with Gasteiger partial charge < -0.3 is 0 Å². The Morgan fingerprint density at radius 3 is 1.60 bits per heavy atom. The number of pyridine rings is 1. The van der Waals surface area contributed by atoms with Crippen molar-refractivity contribution < 1.29 is 0 Å². The summed E-state index contributed by atoms with van der Waals surface area (Å²) in [5.41, 5.74) is 11.6. The molecule has 0 radical (unpaired) electrons. The Balaban J connectivity index is 1.24. The molecule has 0 spiro atoms. The Hall–Kier alpha value is -5.27. The molecular weight excluding hydrogens is 518 g/mol. The molecule has 0 bridgehead atoms. The second kappa shape index (κ2) is 10.5. The summed E-state index contributed by atoms with van der Waals surface area (Å²) in [6.45, 7) is 2.23. The largest absolute Gasteiger partial charge is 0.264 e. The average Bonchev–Trinajstić information content (AvgIpc) is 3.08. The molecule has 1 heterocycles. The Morgan fingerprint density at radius 2 is 1.02 bits per heavy atom. The van der Waals surface area contributed by atoms with Gasteiger partial charge in [-0.15, -0.1) is 0 Å². The van der Waals surface area contributed by atoms with Crippen molar-refractivity contribution in [2.24, 2.45) is 0 Å². The molecule has 0 atom stereocenters. The molecule has 0 unspecified atom stereocenters. The number of nitrogens with zero attached hydrogens (tertiary/aromatic N) is 1. The van der Waals surface area contributed by atoms with Gasteiger partial charge >= 0.3 is 0 Å². The molecule has 1 aliphatic carbocycles. The summed E-state index contributed by atoms with van der Waals surface area (Å²) in [6.07, 6.45) is 10.6. The molecule has 1 aromatic heterocycles. The number of fused-ring (bicyclic) bond motifs is 3. The molecule has 0 aliphatic heterocycles. The van der Waals surface area contributed by atoms with Crippen LogP contribution >= 0.6 is 0 Å².